The van der Waals surface area contributed by atoms with Gasteiger partial charge in [0.05, 0.1) is 17.1 Å². The molecular weight excluding hydrogens is 446 g/mol. The number of fused-ring (bicyclic) bond motifs is 1. The molecule has 1 aliphatic rings. The van der Waals surface area contributed by atoms with Gasteiger partial charge in [-0.05, 0) is 36.8 Å². The monoisotopic (exact) mass is 463 g/mol. The summed E-state index contributed by atoms with van der Waals surface area (Å²) in [4.78, 5) is 18.1. The Morgan fingerprint density at radius 1 is 1.27 bits per heavy atom. The molecule has 30 heavy (non-hydrogen) atoms. The molecule has 2 heterocycles. The van der Waals surface area contributed by atoms with Gasteiger partial charge in [0.1, 0.15) is 5.75 Å². The van der Waals surface area contributed by atoms with Gasteiger partial charge in [-0.25, -0.2) is 13.4 Å². The highest BCUT2D eigenvalue weighted by atomic mass is 35.5. The second kappa shape index (κ2) is 7.90. The summed E-state index contributed by atoms with van der Waals surface area (Å²) in [6, 6.07) is 12.2. The number of benzene rings is 2. The number of carbonyl (C=O) groups excluding carboxylic acids is 1. The third kappa shape index (κ3) is 4.14. The van der Waals surface area contributed by atoms with E-state index >= 15 is 0 Å². The van der Waals surface area contributed by atoms with Gasteiger partial charge in [-0.2, -0.15) is 0 Å². The smallest absolute Gasteiger partial charge is 0.267 e. The van der Waals surface area contributed by atoms with Crippen molar-refractivity contribution < 1.29 is 17.9 Å². The molecule has 2 aromatic carbocycles. The van der Waals surface area contributed by atoms with Crippen LogP contribution in [0.3, 0.4) is 0 Å². The molecular formula is C20H18ClN3O4S2. The molecule has 1 aromatic heterocycles. The number of carbonyl (C=O) groups is 1. The van der Waals surface area contributed by atoms with Crippen molar-refractivity contribution in [3.8, 4) is 17.0 Å². The van der Waals surface area contributed by atoms with E-state index in [-0.39, 0.29) is 16.8 Å². The molecule has 0 saturated heterocycles. The minimum absolute atomic E-state index is 0.133. The Labute approximate surface area is 183 Å². The van der Waals surface area contributed by atoms with E-state index < -0.39 is 16.1 Å². The number of anilines is 2. The number of thiazole rings is 1. The van der Waals surface area contributed by atoms with Crippen molar-refractivity contribution >= 4 is 49.7 Å². The average molecular weight is 464 g/mol. The van der Waals surface area contributed by atoms with E-state index in [9.17, 15) is 13.2 Å². The van der Waals surface area contributed by atoms with Crippen LogP contribution in [-0.4, -0.2) is 32.5 Å². The Kier molecular flexibility index (Phi) is 5.44. The van der Waals surface area contributed by atoms with Crippen molar-refractivity contribution in [3.05, 3.63) is 58.4 Å². The Bertz CT molecular complexity index is 1230. The first-order valence-electron chi connectivity index (χ1n) is 9.01. The Balaban J connectivity index is 1.55. The largest absolute Gasteiger partial charge is 0.479 e. The van der Waals surface area contributed by atoms with Gasteiger partial charge in [0.2, 0.25) is 10.0 Å². The predicted octanol–water partition coefficient (Wildman–Crippen LogP) is 4.15. The maximum absolute atomic E-state index is 12.5. The highest BCUT2D eigenvalue weighted by molar-refractivity contribution is 7.92. The summed E-state index contributed by atoms with van der Waals surface area (Å²) >= 11 is 7.24. The van der Waals surface area contributed by atoms with E-state index in [0.717, 1.165) is 5.56 Å². The van der Waals surface area contributed by atoms with Crippen LogP contribution in [0.4, 0.5) is 10.8 Å². The van der Waals surface area contributed by atoms with Crippen LogP contribution < -0.4 is 14.4 Å². The third-order valence-corrected chi connectivity index (χ3v) is 7.10. The number of amides is 1. The Morgan fingerprint density at radius 2 is 2.03 bits per heavy atom. The number of likely N-dealkylation sites (N-methyl/N-ethyl adjacent to an activating group) is 1. The Hall–Kier alpha value is -2.62. The van der Waals surface area contributed by atoms with E-state index in [0.29, 0.717) is 27.7 Å². The van der Waals surface area contributed by atoms with Crippen molar-refractivity contribution in [2.45, 2.75) is 18.8 Å². The summed E-state index contributed by atoms with van der Waals surface area (Å²) in [5, 5.41) is 2.40. The molecule has 10 heteroatoms. The van der Waals surface area contributed by atoms with Gasteiger partial charge in [-0.15, -0.1) is 11.3 Å². The lowest BCUT2D eigenvalue weighted by Crippen LogP contribution is -2.41. The molecule has 0 radical (unpaired) electrons. The summed E-state index contributed by atoms with van der Waals surface area (Å²) in [5.41, 5.74) is 2.50. The number of nitrogens with one attached hydrogen (secondary N) is 1. The molecule has 1 atom stereocenters. The number of hydrogen-bond acceptors (Lipinski definition) is 6. The second-order valence-electron chi connectivity index (χ2n) is 6.83. The number of nitrogens with zero attached hydrogens (tertiary/aromatic N) is 2. The van der Waals surface area contributed by atoms with Crippen LogP contribution in [0.1, 0.15) is 12.5 Å². The first-order valence-corrected chi connectivity index (χ1v) is 11.9. The number of rotatable bonds is 5. The quantitative estimate of drug-likeness (QED) is 0.614. The number of hydrogen-bond donors (Lipinski definition) is 1. The van der Waals surface area contributed by atoms with Gasteiger partial charge in [0.15, 0.2) is 11.2 Å². The summed E-state index contributed by atoms with van der Waals surface area (Å²) in [6.45, 7) is 1.71. The van der Waals surface area contributed by atoms with Crippen molar-refractivity contribution in [3.63, 3.8) is 0 Å². The van der Waals surface area contributed by atoms with Crippen molar-refractivity contribution in [1.29, 1.82) is 0 Å². The maximum atomic E-state index is 12.5. The lowest BCUT2D eigenvalue weighted by Gasteiger charge is -2.30. The van der Waals surface area contributed by atoms with Gasteiger partial charge < -0.3 is 9.64 Å². The lowest BCUT2D eigenvalue weighted by atomic mass is 10.1. The molecule has 1 amide bonds. The maximum Gasteiger partial charge on any atom is 0.267 e. The molecule has 0 aliphatic carbocycles. The van der Waals surface area contributed by atoms with E-state index in [4.69, 9.17) is 16.3 Å². The molecule has 0 bridgehead atoms. The first-order chi connectivity index (χ1) is 14.2. The summed E-state index contributed by atoms with van der Waals surface area (Å²) in [7, 11) is -1.98. The number of sulfonamides is 1. The molecule has 0 saturated carbocycles. The molecule has 0 fully saturated rings. The van der Waals surface area contributed by atoms with Crippen LogP contribution in [0.15, 0.2) is 47.8 Å². The normalized spacial score (nSPS) is 16.2. The lowest BCUT2D eigenvalue weighted by molar-refractivity contribution is -0.125. The molecule has 4 rings (SSSR count). The minimum Gasteiger partial charge on any atom is -0.479 e. The zero-order chi connectivity index (χ0) is 21.5. The van der Waals surface area contributed by atoms with E-state index in [1.165, 1.54) is 11.3 Å². The van der Waals surface area contributed by atoms with Gasteiger partial charge in [0.25, 0.3) is 5.91 Å². The molecule has 7 nitrogen and oxygen atoms in total. The molecule has 156 valence electrons. The van der Waals surface area contributed by atoms with E-state index in [1.54, 1.807) is 60.6 Å². The Morgan fingerprint density at radius 3 is 2.80 bits per heavy atom. The fourth-order valence-electron chi connectivity index (χ4n) is 3.11. The predicted molar refractivity (Wildman–Crippen MR) is 119 cm³/mol. The number of ether oxygens (including phenoxy) is 1. The fourth-order valence-corrected chi connectivity index (χ4v) is 5.58. The zero-order valence-corrected chi connectivity index (χ0v) is 18.5. The molecule has 1 aliphatic heterocycles. The highest BCUT2D eigenvalue weighted by Gasteiger charge is 2.29. The highest BCUT2D eigenvalue weighted by Crippen LogP contribution is 2.37. The van der Waals surface area contributed by atoms with Gasteiger partial charge in [-0.1, -0.05) is 29.8 Å². The molecule has 0 spiro atoms. The summed E-state index contributed by atoms with van der Waals surface area (Å²) in [5.74, 6) is 0.235. The van der Waals surface area contributed by atoms with Gasteiger partial charge >= 0.3 is 0 Å². The summed E-state index contributed by atoms with van der Waals surface area (Å²) in [6.07, 6.45) is -0.535. The standard InChI is InChI=1S/C20H18ClN3O4S2/c1-12-19(25)24(2)17-9-13(7-8-18(17)28-12)16-10-29-20(22-16)23-30(26,27)11-14-5-3-4-6-15(14)21/h3-10,12H,11H2,1-2H3,(H,22,23). The van der Waals surface area contributed by atoms with Crippen LogP contribution in [-0.2, 0) is 20.6 Å². The number of aromatic nitrogens is 1. The van der Waals surface area contributed by atoms with Crippen LogP contribution >= 0.6 is 22.9 Å². The van der Waals surface area contributed by atoms with Crippen molar-refractivity contribution in [2.24, 2.45) is 0 Å². The molecule has 3 aromatic rings. The first kappa shape index (κ1) is 20.6. The number of halogens is 1. The zero-order valence-electron chi connectivity index (χ0n) is 16.1. The van der Waals surface area contributed by atoms with Crippen molar-refractivity contribution in [1.82, 2.24) is 4.98 Å². The topological polar surface area (TPSA) is 88.6 Å². The van der Waals surface area contributed by atoms with Crippen LogP contribution in [0, 0.1) is 0 Å². The summed E-state index contributed by atoms with van der Waals surface area (Å²) < 4.78 is 33.1. The van der Waals surface area contributed by atoms with E-state index in [1.807, 2.05) is 6.07 Å². The van der Waals surface area contributed by atoms with Crippen molar-refractivity contribution in [2.75, 3.05) is 16.7 Å². The minimum atomic E-state index is -3.68. The van der Waals surface area contributed by atoms with E-state index in [2.05, 4.69) is 9.71 Å². The average Bonchev–Trinajstić information content (AvgIpc) is 3.15. The molecule has 1 unspecified atom stereocenters. The SMILES string of the molecule is CC1Oc2ccc(-c3csc(NS(=O)(=O)Cc4ccccc4Cl)n3)cc2N(C)C1=O. The van der Waals surface area contributed by atoms with Crippen LogP contribution in [0.25, 0.3) is 11.3 Å². The third-order valence-electron chi connectivity index (χ3n) is 4.65. The fraction of sp³-hybridized carbons (Fsp3) is 0.200. The molecule has 1 N–H and O–H groups in total. The van der Waals surface area contributed by atoms with Gasteiger partial charge in [0, 0.05) is 23.0 Å². The second-order valence-corrected chi connectivity index (χ2v) is 9.82. The van der Waals surface area contributed by atoms with Crippen LogP contribution in [0.2, 0.25) is 5.02 Å². The van der Waals surface area contributed by atoms with Gasteiger partial charge in [-0.3, -0.25) is 9.52 Å². The van der Waals surface area contributed by atoms with Crippen LogP contribution in [0.5, 0.6) is 5.75 Å².